The van der Waals surface area contributed by atoms with Gasteiger partial charge in [0.25, 0.3) is 0 Å². The van der Waals surface area contributed by atoms with Crippen LogP contribution in [0.25, 0.3) is 0 Å². The van der Waals surface area contributed by atoms with Gasteiger partial charge >= 0.3 is 5.97 Å². The number of nitrogens with zero attached hydrogens (tertiary/aromatic N) is 1. The van der Waals surface area contributed by atoms with Crippen molar-refractivity contribution in [2.75, 3.05) is 20.6 Å². The molecule has 0 radical (unpaired) electrons. The molecule has 0 aliphatic rings. The maximum Gasteiger partial charge on any atom is 0.306 e. The largest absolute Gasteiger partial charge is 0.462 e. The van der Waals surface area contributed by atoms with Crippen LogP contribution in [-0.4, -0.2) is 37.6 Å². The van der Waals surface area contributed by atoms with Crippen molar-refractivity contribution < 1.29 is 9.53 Å². The molecule has 0 spiro atoms. The number of esters is 1. The monoisotopic (exact) mass is 550 g/mol. The molecule has 232 valence electrons. The van der Waals surface area contributed by atoms with Crippen LogP contribution >= 0.6 is 0 Å². The number of rotatable bonds is 30. The standard InChI is InChI=1S/C36H71NO2/c1-6-9-12-15-18-19-22-26-31-35(39-36(38)32-27-23-28-33-37(4)5)34(29-24-20-16-13-10-7-2)30-25-21-17-14-11-8-3/h18-19,34-35H,6-17,20-33H2,1-5H3/b19-18-. The van der Waals surface area contributed by atoms with Gasteiger partial charge in [0.2, 0.25) is 0 Å². The molecular formula is C36H71NO2. The molecule has 0 aromatic carbocycles. The van der Waals surface area contributed by atoms with E-state index in [2.05, 4.69) is 51.9 Å². The summed E-state index contributed by atoms with van der Waals surface area (Å²) in [6.45, 7) is 7.94. The first-order valence-electron chi connectivity index (χ1n) is 17.5. The van der Waals surface area contributed by atoms with E-state index in [1.54, 1.807) is 0 Å². The van der Waals surface area contributed by atoms with Gasteiger partial charge in [0, 0.05) is 6.42 Å². The van der Waals surface area contributed by atoms with Crippen molar-refractivity contribution in [3.63, 3.8) is 0 Å². The zero-order valence-corrected chi connectivity index (χ0v) is 27.5. The lowest BCUT2D eigenvalue weighted by molar-refractivity contribution is -0.153. The van der Waals surface area contributed by atoms with E-state index in [1.807, 2.05) is 0 Å². The average molecular weight is 550 g/mol. The highest BCUT2D eigenvalue weighted by molar-refractivity contribution is 5.69. The van der Waals surface area contributed by atoms with Crippen LogP contribution in [0.4, 0.5) is 0 Å². The fourth-order valence-electron chi connectivity index (χ4n) is 5.57. The maximum absolute atomic E-state index is 12.9. The molecule has 0 rings (SSSR count). The van der Waals surface area contributed by atoms with Crippen molar-refractivity contribution >= 4 is 5.97 Å². The van der Waals surface area contributed by atoms with E-state index >= 15 is 0 Å². The molecule has 0 fully saturated rings. The van der Waals surface area contributed by atoms with Gasteiger partial charge < -0.3 is 9.64 Å². The Labute approximate surface area is 246 Å². The zero-order valence-electron chi connectivity index (χ0n) is 27.5. The summed E-state index contributed by atoms with van der Waals surface area (Å²) in [5, 5.41) is 0. The van der Waals surface area contributed by atoms with Gasteiger partial charge in [-0.25, -0.2) is 0 Å². The number of carbonyl (C=O) groups is 1. The molecule has 0 saturated carbocycles. The second-order valence-electron chi connectivity index (χ2n) is 12.4. The number of unbranched alkanes of at least 4 members (excludes halogenated alkanes) is 16. The summed E-state index contributed by atoms with van der Waals surface area (Å²) in [4.78, 5) is 15.2. The average Bonchev–Trinajstić information content (AvgIpc) is 2.91. The molecule has 0 aromatic heterocycles. The number of allylic oxidation sites excluding steroid dienone is 2. The van der Waals surface area contributed by atoms with Gasteiger partial charge in [-0.05, 0) is 84.3 Å². The molecule has 39 heavy (non-hydrogen) atoms. The molecular weight excluding hydrogens is 478 g/mol. The lowest BCUT2D eigenvalue weighted by atomic mass is 9.87. The van der Waals surface area contributed by atoms with E-state index in [0.29, 0.717) is 12.3 Å². The third-order valence-electron chi connectivity index (χ3n) is 8.15. The first kappa shape index (κ1) is 38.2. The van der Waals surface area contributed by atoms with E-state index in [9.17, 15) is 4.79 Å². The molecule has 0 aliphatic heterocycles. The molecule has 1 atom stereocenters. The molecule has 3 heteroatoms. The van der Waals surface area contributed by atoms with E-state index in [1.165, 1.54) is 116 Å². The zero-order chi connectivity index (χ0) is 28.8. The molecule has 0 saturated heterocycles. The number of hydrogen-bond acceptors (Lipinski definition) is 3. The minimum atomic E-state index is 0.0517. The highest BCUT2D eigenvalue weighted by Gasteiger charge is 2.24. The van der Waals surface area contributed by atoms with Crippen LogP contribution < -0.4 is 0 Å². The first-order chi connectivity index (χ1) is 19.0. The topological polar surface area (TPSA) is 29.5 Å². The summed E-state index contributed by atoms with van der Waals surface area (Å²) in [7, 11) is 4.24. The van der Waals surface area contributed by atoms with Gasteiger partial charge in [0.05, 0.1) is 0 Å². The van der Waals surface area contributed by atoms with E-state index in [-0.39, 0.29) is 12.1 Å². The second kappa shape index (κ2) is 30.1. The summed E-state index contributed by atoms with van der Waals surface area (Å²) < 4.78 is 6.32. The maximum atomic E-state index is 12.9. The Morgan fingerprint density at radius 1 is 0.590 bits per heavy atom. The minimum absolute atomic E-state index is 0.0517. The van der Waals surface area contributed by atoms with E-state index < -0.39 is 0 Å². The van der Waals surface area contributed by atoms with Gasteiger partial charge in [0.1, 0.15) is 6.10 Å². The van der Waals surface area contributed by atoms with E-state index in [4.69, 9.17) is 4.74 Å². The normalized spacial score (nSPS) is 12.7. The molecule has 0 aromatic rings. The van der Waals surface area contributed by atoms with Crippen LogP contribution in [0, 0.1) is 5.92 Å². The van der Waals surface area contributed by atoms with Crippen LogP contribution in [0.2, 0.25) is 0 Å². The lowest BCUT2D eigenvalue weighted by Gasteiger charge is -2.28. The highest BCUT2D eigenvalue weighted by Crippen LogP contribution is 2.28. The number of carbonyl (C=O) groups excluding carboxylic acids is 1. The fourth-order valence-corrected chi connectivity index (χ4v) is 5.57. The second-order valence-corrected chi connectivity index (χ2v) is 12.4. The Hall–Kier alpha value is -0.830. The predicted octanol–water partition coefficient (Wildman–Crippen LogP) is 11.4. The predicted molar refractivity (Wildman–Crippen MR) is 174 cm³/mol. The molecule has 3 nitrogen and oxygen atoms in total. The van der Waals surface area contributed by atoms with Crippen LogP contribution in [0.3, 0.4) is 0 Å². The van der Waals surface area contributed by atoms with Crippen molar-refractivity contribution in [2.24, 2.45) is 5.92 Å². The van der Waals surface area contributed by atoms with Crippen LogP contribution in [0.5, 0.6) is 0 Å². The molecule has 1 unspecified atom stereocenters. The summed E-state index contributed by atoms with van der Waals surface area (Å²) in [5.74, 6) is 0.587. The Morgan fingerprint density at radius 2 is 1.08 bits per heavy atom. The summed E-state index contributed by atoms with van der Waals surface area (Å²) in [6, 6.07) is 0. The van der Waals surface area contributed by atoms with Crippen molar-refractivity contribution in [3.05, 3.63) is 12.2 Å². The van der Waals surface area contributed by atoms with Crippen molar-refractivity contribution in [1.29, 1.82) is 0 Å². The quantitative estimate of drug-likeness (QED) is 0.0507. The van der Waals surface area contributed by atoms with Crippen LogP contribution in [0.1, 0.15) is 181 Å². The molecule has 0 amide bonds. The molecule has 0 aliphatic carbocycles. The van der Waals surface area contributed by atoms with Gasteiger partial charge in [-0.3, -0.25) is 4.79 Å². The van der Waals surface area contributed by atoms with Crippen molar-refractivity contribution in [3.8, 4) is 0 Å². The van der Waals surface area contributed by atoms with Crippen molar-refractivity contribution in [2.45, 2.75) is 187 Å². The Morgan fingerprint density at radius 3 is 1.64 bits per heavy atom. The lowest BCUT2D eigenvalue weighted by Crippen LogP contribution is -2.27. The first-order valence-corrected chi connectivity index (χ1v) is 17.5. The third kappa shape index (κ3) is 27.1. The smallest absolute Gasteiger partial charge is 0.306 e. The SMILES string of the molecule is CCCCC/C=C\CCCC(OC(=O)CCCCCN(C)C)C(CCCCCCCC)CCCCCCCC. The summed E-state index contributed by atoms with van der Waals surface area (Å²) in [6.07, 6.45) is 35.6. The van der Waals surface area contributed by atoms with E-state index in [0.717, 1.165) is 45.1 Å². The summed E-state index contributed by atoms with van der Waals surface area (Å²) >= 11 is 0. The van der Waals surface area contributed by atoms with Gasteiger partial charge in [0.15, 0.2) is 0 Å². The number of hydrogen-bond donors (Lipinski definition) is 0. The number of ether oxygens (including phenoxy) is 1. The molecule has 0 heterocycles. The molecule has 0 bridgehead atoms. The summed E-state index contributed by atoms with van der Waals surface area (Å²) in [5.41, 5.74) is 0. The van der Waals surface area contributed by atoms with Gasteiger partial charge in [-0.1, -0.05) is 129 Å². The third-order valence-corrected chi connectivity index (χ3v) is 8.15. The Bertz CT molecular complexity index is 514. The molecule has 0 N–H and O–H groups in total. The highest BCUT2D eigenvalue weighted by atomic mass is 16.5. The minimum Gasteiger partial charge on any atom is -0.462 e. The fraction of sp³-hybridized carbons (Fsp3) is 0.917. The van der Waals surface area contributed by atoms with Crippen molar-refractivity contribution in [1.82, 2.24) is 4.90 Å². The van der Waals surface area contributed by atoms with Crippen LogP contribution in [0.15, 0.2) is 12.2 Å². The Kier molecular flexibility index (Phi) is 29.5. The van der Waals surface area contributed by atoms with Gasteiger partial charge in [-0.2, -0.15) is 0 Å². The Balaban J connectivity index is 4.97. The van der Waals surface area contributed by atoms with Crippen LogP contribution in [-0.2, 0) is 9.53 Å². The van der Waals surface area contributed by atoms with Gasteiger partial charge in [-0.15, -0.1) is 0 Å².